The highest BCUT2D eigenvalue weighted by Crippen LogP contribution is 2.15. The van der Waals surface area contributed by atoms with Crippen LogP contribution in [0.2, 0.25) is 0 Å². The van der Waals surface area contributed by atoms with E-state index >= 15 is 0 Å². The number of rotatable bonds is 20. The summed E-state index contributed by atoms with van der Waals surface area (Å²) >= 11 is 0. The molecule has 0 fully saturated rings. The summed E-state index contributed by atoms with van der Waals surface area (Å²) in [6.07, 6.45) is 11.8. The van der Waals surface area contributed by atoms with E-state index < -0.39 is 0 Å². The quantitative estimate of drug-likeness (QED) is 0.292. The zero-order valence-electron chi connectivity index (χ0n) is 19.4. The van der Waals surface area contributed by atoms with Gasteiger partial charge in [-0.2, -0.15) is 0 Å². The lowest BCUT2D eigenvalue weighted by molar-refractivity contribution is -0.128. The summed E-state index contributed by atoms with van der Waals surface area (Å²) in [6, 6.07) is 0. The lowest BCUT2D eigenvalue weighted by Crippen LogP contribution is -2.34. The number of unbranched alkanes of at least 4 members (excludes halogenated alkanes) is 8. The molecule has 2 amide bonds. The number of carbonyl (C=O) groups excluding carboxylic acids is 2. The van der Waals surface area contributed by atoms with Crippen LogP contribution < -0.4 is 10.6 Å². The van der Waals surface area contributed by atoms with Crippen molar-refractivity contribution in [3.8, 4) is 0 Å². The van der Waals surface area contributed by atoms with Gasteiger partial charge in [-0.05, 0) is 12.8 Å². The molecule has 0 saturated carbocycles. The Hall–Kier alpha value is -1.14. The van der Waals surface area contributed by atoms with E-state index in [0.29, 0.717) is 26.3 Å². The third-order valence-corrected chi connectivity index (χ3v) is 4.66. The predicted octanol–water partition coefficient (Wildman–Crippen LogP) is 4.22. The van der Waals surface area contributed by atoms with Gasteiger partial charge in [-0.25, -0.2) is 0 Å². The van der Waals surface area contributed by atoms with Gasteiger partial charge >= 0.3 is 0 Å². The molecule has 0 rings (SSSR count). The van der Waals surface area contributed by atoms with E-state index in [-0.39, 0.29) is 30.4 Å². The number of hydrogen-bond donors (Lipinski definition) is 2. The van der Waals surface area contributed by atoms with Crippen LogP contribution in [0.5, 0.6) is 0 Å². The first-order valence-corrected chi connectivity index (χ1v) is 11.6. The van der Waals surface area contributed by atoms with Crippen molar-refractivity contribution in [2.75, 3.05) is 39.5 Å². The van der Waals surface area contributed by atoms with Crippen molar-refractivity contribution in [2.45, 2.75) is 91.9 Å². The van der Waals surface area contributed by atoms with Gasteiger partial charge in [0.1, 0.15) is 13.2 Å². The minimum absolute atomic E-state index is 0.0664. The molecule has 6 heteroatoms. The molecule has 172 valence electrons. The molecule has 0 radical (unpaired) electrons. The Kier molecular flexibility index (Phi) is 18.1. The molecule has 6 nitrogen and oxygen atoms in total. The summed E-state index contributed by atoms with van der Waals surface area (Å²) < 4.78 is 11.1. The normalized spacial score (nSPS) is 11.4. The van der Waals surface area contributed by atoms with Gasteiger partial charge in [0.15, 0.2) is 0 Å². The summed E-state index contributed by atoms with van der Waals surface area (Å²) in [5, 5.41) is 5.78. The molecule has 0 aromatic heterocycles. The maximum atomic E-state index is 11.8. The van der Waals surface area contributed by atoms with E-state index in [1.54, 1.807) is 0 Å². The highest BCUT2D eigenvalue weighted by Gasteiger charge is 2.20. The highest BCUT2D eigenvalue weighted by atomic mass is 16.5. The Balaban J connectivity index is 3.64. The molecular weight excluding hydrogens is 368 g/mol. The zero-order chi connectivity index (χ0) is 21.8. The van der Waals surface area contributed by atoms with Crippen molar-refractivity contribution in [3.05, 3.63) is 0 Å². The summed E-state index contributed by atoms with van der Waals surface area (Å²) in [5.74, 6) is -0.147. The van der Waals surface area contributed by atoms with Crippen LogP contribution in [-0.4, -0.2) is 51.3 Å². The number of hydrogen-bond acceptors (Lipinski definition) is 4. The first kappa shape index (κ1) is 27.9. The first-order valence-electron chi connectivity index (χ1n) is 11.6. The van der Waals surface area contributed by atoms with Gasteiger partial charge in [0, 0.05) is 18.5 Å². The van der Waals surface area contributed by atoms with Gasteiger partial charge in [0.05, 0.1) is 13.2 Å². The molecule has 0 atom stereocenters. The molecule has 0 aliphatic rings. The molecule has 0 bridgehead atoms. The highest BCUT2D eigenvalue weighted by molar-refractivity contribution is 5.77. The topological polar surface area (TPSA) is 76.7 Å². The van der Waals surface area contributed by atoms with Crippen LogP contribution in [0.25, 0.3) is 0 Å². The second-order valence-corrected chi connectivity index (χ2v) is 8.68. The Morgan fingerprint density at radius 2 is 1.03 bits per heavy atom. The Morgan fingerprint density at radius 3 is 1.41 bits per heavy atom. The van der Waals surface area contributed by atoms with Crippen LogP contribution in [0, 0.1) is 5.41 Å². The van der Waals surface area contributed by atoms with Crippen LogP contribution in [0.3, 0.4) is 0 Å². The summed E-state index contributed by atoms with van der Waals surface area (Å²) in [6.45, 7) is 10.8. The molecule has 29 heavy (non-hydrogen) atoms. The van der Waals surface area contributed by atoms with Crippen molar-refractivity contribution in [1.29, 1.82) is 0 Å². The second kappa shape index (κ2) is 18.9. The van der Waals surface area contributed by atoms with Gasteiger partial charge < -0.3 is 20.1 Å². The molecule has 0 aliphatic heterocycles. The van der Waals surface area contributed by atoms with E-state index in [0.717, 1.165) is 25.7 Å². The van der Waals surface area contributed by atoms with E-state index in [1.165, 1.54) is 38.5 Å². The summed E-state index contributed by atoms with van der Waals surface area (Å²) in [4.78, 5) is 23.6. The molecule has 2 N–H and O–H groups in total. The minimum atomic E-state index is -0.249. The van der Waals surface area contributed by atoms with E-state index in [4.69, 9.17) is 9.47 Å². The van der Waals surface area contributed by atoms with Gasteiger partial charge in [-0.3, -0.25) is 9.59 Å². The fraction of sp³-hybridized carbons (Fsp3) is 0.913. The van der Waals surface area contributed by atoms with Crippen molar-refractivity contribution in [1.82, 2.24) is 10.6 Å². The SMILES string of the molecule is CCCCCCCNC(=O)COCC(C)(C)COCC(=O)NCCCCCCC. The number of nitrogens with one attached hydrogen (secondary N) is 2. The zero-order valence-corrected chi connectivity index (χ0v) is 19.4. The third-order valence-electron chi connectivity index (χ3n) is 4.66. The van der Waals surface area contributed by atoms with Crippen molar-refractivity contribution >= 4 is 11.8 Å². The number of carbonyl (C=O) groups is 2. The van der Waals surface area contributed by atoms with Gasteiger partial charge in [0.2, 0.25) is 11.8 Å². The molecule has 0 unspecified atom stereocenters. The fourth-order valence-electron chi connectivity index (χ4n) is 2.90. The largest absolute Gasteiger partial charge is 0.371 e. The van der Waals surface area contributed by atoms with Crippen LogP contribution in [0.4, 0.5) is 0 Å². The van der Waals surface area contributed by atoms with E-state index in [9.17, 15) is 9.59 Å². The van der Waals surface area contributed by atoms with Crippen molar-refractivity contribution in [3.63, 3.8) is 0 Å². The summed E-state index contributed by atoms with van der Waals surface area (Å²) in [7, 11) is 0. The maximum absolute atomic E-state index is 11.8. The smallest absolute Gasteiger partial charge is 0.245 e. The molecule has 0 aromatic rings. The Morgan fingerprint density at radius 1 is 0.655 bits per heavy atom. The van der Waals surface area contributed by atoms with E-state index in [2.05, 4.69) is 24.5 Å². The van der Waals surface area contributed by atoms with Crippen LogP contribution in [-0.2, 0) is 19.1 Å². The van der Waals surface area contributed by atoms with Crippen molar-refractivity contribution in [2.24, 2.45) is 5.41 Å². The molecule has 0 heterocycles. The average Bonchev–Trinajstić information content (AvgIpc) is 2.67. The lowest BCUT2D eigenvalue weighted by atomic mass is 9.96. The lowest BCUT2D eigenvalue weighted by Gasteiger charge is -2.24. The maximum Gasteiger partial charge on any atom is 0.245 e. The second-order valence-electron chi connectivity index (χ2n) is 8.68. The van der Waals surface area contributed by atoms with Crippen LogP contribution in [0.1, 0.15) is 91.9 Å². The Labute approximate surface area is 178 Å². The standard InChI is InChI=1S/C23H46N2O4/c1-5-7-9-11-13-15-24-21(26)17-28-19-23(3,4)20-29-18-22(27)25-16-14-12-10-8-6-2/h5-20H2,1-4H3,(H,24,26)(H,25,27). The fourth-order valence-corrected chi connectivity index (χ4v) is 2.90. The predicted molar refractivity (Wildman–Crippen MR) is 119 cm³/mol. The molecular formula is C23H46N2O4. The first-order chi connectivity index (χ1) is 13.9. The van der Waals surface area contributed by atoms with Gasteiger partial charge in [-0.15, -0.1) is 0 Å². The molecule has 0 saturated heterocycles. The monoisotopic (exact) mass is 414 g/mol. The minimum Gasteiger partial charge on any atom is -0.371 e. The molecule has 0 aliphatic carbocycles. The van der Waals surface area contributed by atoms with Gasteiger partial charge in [-0.1, -0.05) is 79.1 Å². The van der Waals surface area contributed by atoms with Crippen molar-refractivity contribution < 1.29 is 19.1 Å². The molecule has 0 aromatic carbocycles. The number of amides is 2. The van der Waals surface area contributed by atoms with Gasteiger partial charge in [0.25, 0.3) is 0 Å². The Bertz CT molecular complexity index is 378. The van der Waals surface area contributed by atoms with Crippen LogP contribution >= 0.6 is 0 Å². The third kappa shape index (κ3) is 19.9. The summed E-state index contributed by atoms with van der Waals surface area (Å²) in [5.41, 5.74) is -0.249. The number of ether oxygens (including phenoxy) is 2. The molecule has 0 spiro atoms. The van der Waals surface area contributed by atoms with Crippen LogP contribution in [0.15, 0.2) is 0 Å². The van der Waals surface area contributed by atoms with E-state index in [1.807, 2.05) is 13.8 Å². The average molecular weight is 415 g/mol.